The highest BCUT2D eigenvalue weighted by atomic mass is 15.2. The Balaban J connectivity index is 0.910. The van der Waals surface area contributed by atoms with Crippen LogP contribution in [0.1, 0.15) is 47.2 Å². The maximum atomic E-state index is 2.50. The van der Waals surface area contributed by atoms with E-state index in [-0.39, 0.29) is 5.41 Å². The van der Waals surface area contributed by atoms with Gasteiger partial charge in [0.25, 0.3) is 0 Å². The summed E-state index contributed by atoms with van der Waals surface area (Å²) in [5.41, 5.74) is 27.5. The Hall–Kier alpha value is -9.96. The number of rotatable bonds is 7. The third-order valence-corrected chi connectivity index (χ3v) is 17.6. The van der Waals surface area contributed by atoms with Crippen LogP contribution in [0.25, 0.3) is 72.0 Å². The minimum Gasteiger partial charge on any atom is -0.310 e. The van der Waals surface area contributed by atoms with Crippen molar-refractivity contribution in [3.63, 3.8) is 0 Å². The Morgan fingerprint density at radius 3 is 1.39 bits per heavy atom. The van der Waals surface area contributed by atoms with E-state index in [9.17, 15) is 0 Å². The third kappa shape index (κ3) is 6.60. The van der Waals surface area contributed by atoms with Gasteiger partial charge in [0.1, 0.15) is 0 Å². The van der Waals surface area contributed by atoms with Crippen LogP contribution >= 0.6 is 0 Å². The Labute approximate surface area is 461 Å². The van der Waals surface area contributed by atoms with E-state index in [2.05, 4.69) is 313 Å². The van der Waals surface area contributed by atoms with Crippen LogP contribution in [0.2, 0.25) is 0 Å². The highest BCUT2D eigenvalue weighted by Crippen LogP contribution is 2.63. The first-order valence-corrected chi connectivity index (χ1v) is 27.6. The molecule has 1 aromatic heterocycles. The maximum absolute atomic E-state index is 2.50. The van der Waals surface area contributed by atoms with Crippen LogP contribution in [-0.4, -0.2) is 4.57 Å². The van der Waals surface area contributed by atoms with Gasteiger partial charge in [-0.15, -0.1) is 0 Å². The van der Waals surface area contributed by atoms with Gasteiger partial charge in [-0.2, -0.15) is 0 Å². The Morgan fingerprint density at radius 2 is 0.734 bits per heavy atom. The molecule has 0 N–H and O–H groups in total. The molecule has 3 aliphatic rings. The number of benzene rings is 12. The maximum Gasteiger partial charge on any atom is 0.0726 e. The van der Waals surface area contributed by atoms with Gasteiger partial charge in [0.05, 0.1) is 27.8 Å². The van der Waals surface area contributed by atoms with Crippen LogP contribution in [0.15, 0.2) is 285 Å². The van der Waals surface area contributed by atoms with Crippen molar-refractivity contribution in [2.45, 2.75) is 24.7 Å². The first kappa shape index (κ1) is 45.3. The van der Waals surface area contributed by atoms with Gasteiger partial charge >= 0.3 is 0 Å². The lowest BCUT2D eigenvalue weighted by atomic mass is 9.70. The predicted molar refractivity (Wildman–Crippen MR) is 329 cm³/mol. The van der Waals surface area contributed by atoms with Crippen molar-refractivity contribution in [1.29, 1.82) is 0 Å². The zero-order valence-corrected chi connectivity index (χ0v) is 44.0. The van der Waals surface area contributed by atoms with Gasteiger partial charge in [-0.05, 0) is 169 Å². The van der Waals surface area contributed by atoms with E-state index in [1.165, 1.54) is 100 Å². The topological polar surface area (TPSA) is 11.4 Å². The molecule has 0 fully saturated rings. The van der Waals surface area contributed by atoms with E-state index >= 15 is 0 Å². The van der Waals surface area contributed by atoms with Crippen LogP contribution < -0.4 is 9.80 Å². The number of para-hydroxylation sites is 3. The average Bonchev–Trinajstić information content (AvgIpc) is 4.13. The van der Waals surface area contributed by atoms with Gasteiger partial charge in [0, 0.05) is 44.6 Å². The predicted octanol–water partition coefficient (Wildman–Crippen LogP) is 20.0. The molecule has 0 radical (unpaired) electrons. The van der Waals surface area contributed by atoms with E-state index in [1.54, 1.807) is 0 Å². The number of anilines is 6. The van der Waals surface area contributed by atoms with Crippen molar-refractivity contribution < 1.29 is 0 Å². The van der Waals surface area contributed by atoms with Crippen molar-refractivity contribution in [1.82, 2.24) is 4.57 Å². The van der Waals surface area contributed by atoms with E-state index < -0.39 is 5.41 Å². The van der Waals surface area contributed by atoms with E-state index in [0.717, 1.165) is 39.5 Å². The molecule has 0 saturated heterocycles. The van der Waals surface area contributed by atoms with Gasteiger partial charge in [0.15, 0.2) is 0 Å². The third-order valence-electron chi connectivity index (χ3n) is 17.6. The molecule has 3 heteroatoms. The van der Waals surface area contributed by atoms with Gasteiger partial charge in [-0.1, -0.05) is 208 Å². The molecule has 79 heavy (non-hydrogen) atoms. The minimum atomic E-state index is -0.477. The molecule has 2 aliphatic carbocycles. The molecule has 13 aromatic rings. The van der Waals surface area contributed by atoms with Crippen molar-refractivity contribution in [3.8, 4) is 50.2 Å². The fraction of sp³-hybridized carbons (Fsp3) is 0.0526. The summed E-state index contributed by atoms with van der Waals surface area (Å²) in [5.74, 6) is 0. The molecule has 1 spiro atoms. The van der Waals surface area contributed by atoms with Crippen molar-refractivity contribution in [2.75, 3.05) is 9.80 Å². The molecule has 0 bridgehead atoms. The number of hydrogen-bond donors (Lipinski definition) is 0. The first-order valence-electron chi connectivity index (χ1n) is 27.6. The lowest BCUT2D eigenvalue weighted by Gasteiger charge is -2.42. The standard InChI is InChI=1S/C76H53N3/c1-75(2)68-32-18-19-33-73(68)79(55-24-10-5-11-25-55)74-47-53(36-43-69(74)75)52-37-44-71-63(46-52)64-48-57(41-45-72(64)78(71)54-22-8-4-9-23-54)77(56-38-34-51(35-39-56)50-20-6-3-7-21-50)58-40-42-62-61-28-14-17-31-67(61)76(70(62)49-58)65-29-15-12-26-59(65)60-27-13-16-30-66(60)76/h3-49H,1-2H3. The summed E-state index contributed by atoms with van der Waals surface area (Å²) >= 11 is 0. The van der Waals surface area contributed by atoms with Gasteiger partial charge < -0.3 is 14.4 Å². The second-order valence-electron chi connectivity index (χ2n) is 22.0. The SMILES string of the molecule is CC1(C)c2ccccc2N(c2ccccc2)c2cc(-c3ccc4c(c3)c3cc(N(c5ccc(-c6ccccc6)cc5)c5ccc6c(c5)C5(c7ccccc7-c7ccccc75)c5ccccc5-6)ccc3n4-c3ccccc3)ccc21. The molecule has 16 rings (SSSR count). The van der Waals surface area contributed by atoms with Crippen LogP contribution in [0.3, 0.4) is 0 Å². The van der Waals surface area contributed by atoms with Gasteiger partial charge in [0.2, 0.25) is 0 Å². The lowest BCUT2D eigenvalue weighted by Crippen LogP contribution is -2.30. The normalized spacial score (nSPS) is 13.9. The molecule has 0 atom stereocenters. The van der Waals surface area contributed by atoms with Crippen LogP contribution in [0.4, 0.5) is 34.1 Å². The Morgan fingerprint density at radius 1 is 0.291 bits per heavy atom. The fourth-order valence-corrected chi connectivity index (χ4v) is 14.0. The van der Waals surface area contributed by atoms with Gasteiger partial charge in [-0.25, -0.2) is 0 Å². The van der Waals surface area contributed by atoms with Crippen molar-refractivity contribution in [2.24, 2.45) is 0 Å². The Bertz CT molecular complexity index is 4510. The molecular formula is C76H53N3. The second kappa shape index (κ2) is 17.3. The molecule has 1 aliphatic heterocycles. The van der Waals surface area contributed by atoms with Crippen molar-refractivity contribution >= 4 is 55.9 Å². The number of hydrogen-bond acceptors (Lipinski definition) is 2. The molecule has 3 nitrogen and oxygen atoms in total. The number of nitrogens with zero attached hydrogens (tertiary/aromatic N) is 3. The van der Waals surface area contributed by atoms with Crippen LogP contribution in [-0.2, 0) is 10.8 Å². The molecular weight excluding hydrogens is 955 g/mol. The molecule has 372 valence electrons. The van der Waals surface area contributed by atoms with E-state index in [1.807, 2.05) is 0 Å². The summed E-state index contributed by atoms with van der Waals surface area (Å²) in [6.45, 7) is 4.73. The van der Waals surface area contributed by atoms with Crippen LogP contribution in [0, 0.1) is 0 Å². The molecule has 0 saturated carbocycles. The Kier molecular flexibility index (Phi) is 9.90. The number of aromatic nitrogens is 1. The summed E-state index contributed by atoms with van der Waals surface area (Å²) in [6, 6.07) is 106. The summed E-state index contributed by atoms with van der Waals surface area (Å²) < 4.78 is 2.44. The lowest BCUT2D eigenvalue weighted by molar-refractivity contribution is 0.632. The zero-order chi connectivity index (χ0) is 52.4. The smallest absolute Gasteiger partial charge is 0.0726 e. The highest BCUT2D eigenvalue weighted by Gasteiger charge is 2.51. The zero-order valence-electron chi connectivity index (χ0n) is 44.0. The summed E-state index contributed by atoms with van der Waals surface area (Å²) in [5, 5.41) is 2.38. The summed E-state index contributed by atoms with van der Waals surface area (Å²) in [4.78, 5) is 4.94. The largest absolute Gasteiger partial charge is 0.310 e. The quantitative estimate of drug-likeness (QED) is 0.158. The first-order chi connectivity index (χ1) is 38.9. The molecule has 0 amide bonds. The molecule has 2 heterocycles. The molecule has 12 aromatic carbocycles. The van der Waals surface area contributed by atoms with Gasteiger partial charge in [-0.3, -0.25) is 0 Å². The van der Waals surface area contributed by atoms with E-state index in [4.69, 9.17) is 0 Å². The minimum absolute atomic E-state index is 0.192. The molecule has 0 unspecified atom stereocenters. The van der Waals surface area contributed by atoms with Crippen LogP contribution in [0.5, 0.6) is 0 Å². The monoisotopic (exact) mass is 1010 g/mol. The second-order valence-corrected chi connectivity index (χ2v) is 22.0. The van der Waals surface area contributed by atoms with E-state index in [0.29, 0.717) is 0 Å². The summed E-state index contributed by atoms with van der Waals surface area (Å²) in [6.07, 6.45) is 0. The number of fused-ring (bicyclic) bond motifs is 15. The highest BCUT2D eigenvalue weighted by molar-refractivity contribution is 6.12. The summed E-state index contributed by atoms with van der Waals surface area (Å²) in [7, 11) is 0. The van der Waals surface area contributed by atoms with Crippen molar-refractivity contribution in [3.05, 3.63) is 318 Å². The fourth-order valence-electron chi connectivity index (χ4n) is 14.0. The average molecular weight is 1010 g/mol.